The molecule has 1 unspecified atom stereocenters. The Balaban J connectivity index is 1.24. The molecule has 2 aromatic carbocycles. The molecule has 6 rings (SSSR count). The van der Waals surface area contributed by atoms with Crippen LogP contribution in [-0.4, -0.2) is 89.4 Å². The van der Waals surface area contributed by atoms with Crippen molar-refractivity contribution in [2.75, 3.05) is 44.6 Å². The van der Waals surface area contributed by atoms with Crippen molar-refractivity contribution in [1.29, 1.82) is 0 Å². The van der Waals surface area contributed by atoms with Crippen molar-refractivity contribution in [3.8, 4) is 11.5 Å². The largest absolute Gasteiger partial charge is 0.492 e. The number of likely N-dealkylation sites (N-methyl/N-ethyl adjacent to an activating group) is 1. The highest BCUT2D eigenvalue weighted by atomic mass is 35.5. The van der Waals surface area contributed by atoms with Gasteiger partial charge in [0.1, 0.15) is 23.4 Å². The Hall–Kier alpha value is -6.03. The lowest BCUT2D eigenvalue weighted by Crippen LogP contribution is -2.54. The Kier molecular flexibility index (Phi) is 9.37. The fraction of sp³-hybridized carbons (Fsp3) is 0.273. The number of carbonyl (C=O) groups is 5. The third kappa shape index (κ3) is 6.64. The van der Waals surface area contributed by atoms with Crippen LogP contribution in [-0.2, 0) is 20.9 Å². The van der Waals surface area contributed by atoms with Gasteiger partial charge in [0.05, 0.1) is 29.4 Å². The van der Waals surface area contributed by atoms with Gasteiger partial charge in [0.2, 0.25) is 17.8 Å². The van der Waals surface area contributed by atoms with E-state index in [1.807, 2.05) is 0 Å². The summed E-state index contributed by atoms with van der Waals surface area (Å²) in [5, 5.41) is 8.68. The second kappa shape index (κ2) is 13.8. The maximum absolute atomic E-state index is 13.6. The molecule has 1 saturated heterocycles. The van der Waals surface area contributed by atoms with Crippen LogP contribution in [0.4, 0.5) is 17.5 Å². The van der Waals surface area contributed by atoms with Gasteiger partial charge in [-0.2, -0.15) is 4.98 Å². The van der Waals surface area contributed by atoms with Crippen molar-refractivity contribution < 1.29 is 33.4 Å². The quantitative estimate of drug-likeness (QED) is 0.192. The topological polar surface area (TPSA) is 194 Å². The summed E-state index contributed by atoms with van der Waals surface area (Å²) in [4.78, 5) is 87.0. The number of piperidine rings is 1. The lowest BCUT2D eigenvalue weighted by atomic mass is 10.0. The molecule has 4 aromatic rings. The molecule has 4 heterocycles. The molecule has 50 heavy (non-hydrogen) atoms. The molecule has 2 aliphatic rings. The van der Waals surface area contributed by atoms with Crippen LogP contribution in [0.15, 0.2) is 53.5 Å². The molecule has 5 amide bonds. The monoisotopic (exact) mass is 702 g/mol. The molecule has 2 aliphatic heterocycles. The predicted molar refractivity (Wildman–Crippen MR) is 181 cm³/mol. The molecular weight excluding hydrogens is 672 g/mol. The summed E-state index contributed by atoms with van der Waals surface area (Å²) in [6, 6.07) is 10.0. The summed E-state index contributed by atoms with van der Waals surface area (Å²) < 4.78 is 13.0. The summed E-state index contributed by atoms with van der Waals surface area (Å²) in [5.74, 6) is -1.88. The maximum Gasteiger partial charge on any atom is 0.293 e. The number of anilines is 3. The number of amides is 5. The Morgan fingerprint density at radius 1 is 1.04 bits per heavy atom. The Labute approximate surface area is 289 Å². The smallest absolute Gasteiger partial charge is 0.293 e. The van der Waals surface area contributed by atoms with Crippen LogP contribution in [0.1, 0.15) is 33.6 Å². The number of rotatable bonds is 11. The fourth-order valence-corrected chi connectivity index (χ4v) is 5.71. The van der Waals surface area contributed by atoms with E-state index >= 15 is 0 Å². The Morgan fingerprint density at radius 2 is 1.82 bits per heavy atom. The SMILES string of the molecule is CNC(=O)COc1cc2cc(Nc3nc(N(C)C)ncc3Cl)ccc2n(CCOc2ccc3c(c2)C(=O)N(C2CCC(=O)NC2=O)C3=O)c1=O. The van der Waals surface area contributed by atoms with E-state index in [1.54, 1.807) is 37.2 Å². The van der Waals surface area contributed by atoms with E-state index in [9.17, 15) is 28.8 Å². The third-order valence-corrected chi connectivity index (χ3v) is 8.36. The summed E-state index contributed by atoms with van der Waals surface area (Å²) in [7, 11) is 5.05. The van der Waals surface area contributed by atoms with Gasteiger partial charge in [0.15, 0.2) is 18.2 Å². The van der Waals surface area contributed by atoms with E-state index in [0.29, 0.717) is 33.4 Å². The van der Waals surface area contributed by atoms with Gasteiger partial charge in [-0.05, 0) is 48.9 Å². The van der Waals surface area contributed by atoms with E-state index in [0.717, 1.165) is 4.90 Å². The summed E-state index contributed by atoms with van der Waals surface area (Å²) in [5.41, 5.74) is 0.806. The number of imide groups is 2. The molecule has 0 bridgehead atoms. The van der Waals surface area contributed by atoms with Gasteiger partial charge in [-0.3, -0.25) is 39.0 Å². The molecule has 1 atom stereocenters. The molecule has 0 spiro atoms. The number of halogens is 1. The standard InChI is InChI=1S/C33H31ClN8O8/c1-35-27(44)16-50-25-13-17-12-18(37-28-22(34)15-36-33(39-28)40(2)3)4-7-23(17)41(32(25)48)10-11-49-19-5-6-20-21(14-19)31(47)42(30(20)46)24-8-9-26(43)38-29(24)45/h4-7,12-15,24H,8-11,16H2,1-3H3,(H,35,44)(H,36,37,39)(H,38,43,45). The lowest BCUT2D eigenvalue weighted by Gasteiger charge is -2.27. The molecule has 17 heteroatoms. The van der Waals surface area contributed by atoms with Crippen molar-refractivity contribution >= 4 is 69.5 Å². The van der Waals surface area contributed by atoms with Crippen LogP contribution in [0.5, 0.6) is 11.5 Å². The highest BCUT2D eigenvalue weighted by Crippen LogP contribution is 2.31. The lowest BCUT2D eigenvalue weighted by molar-refractivity contribution is -0.136. The number of ether oxygens (including phenoxy) is 2. The number of pyridine rings is 1. The summed E-state index contributed by atoms with van der Waals surface area (Å²) in [6.45, 7) is -0.377. The van der Waals surface area contributed by atoms with Crippen molar-refractivity contribution in [2.24, 2.45) is 0 Å². The fourth-order valence-electron chi connectivity index (χ4n) is 5.57. The van der Waals surface area contributed by atoms with Crippen LogP contribution in [0.2, 0.25) is 5.02 Å². The summed E-state index contributed by atoms with van der Waals surface area (Å²) in [6.07, 6.45) is 1.53. The van der Waals surface area contributed by atoms with Gasteiger partial charge in [-0.25, -0.2) is 4.98 Å². The van der Waals surface area contributed by atoms with E-state index < -0.39 is 41.1 Å². The number of nitrogens with zero attached hydrogens (tertiary/aromatic N) is 5. The second-order valence-electron chi connectivity index (χ2n) is 11.6. The zero-order chi connectivity index (χ0) is 35.7. The zero-order valence-electron chi connectivity index (χ0n) is 27.1. The van der Waals surface area contributed by atoms with Crippen molar-refractivity contribution in [3.05, 3.63) is 75.2 Å². The van der Waals surface area contributed by atoms with Crippen molar-refractivity contribution in [2.45, 2.75) is 25.4 Å². The van der Waals surface area contributed by atoms with E-state index in [2.05, 4.69) is 25.9 Å². The maximum atomic E-state index is 13.6. The number of aromatic nitrogens is 3. The van der Waals surface area contributed by atoms with Crippen molar-refractivity contribution in [3.63, 3.8) is 0 Å². The van der Waals surface area contributed by atoms with Gasteiger partial charge in [0, 0.05) is 38.6 Å². The Bertz CT molecular complexity index is 2140. The first-order chi connectivity index (χ1) is 23.9. The van der Waals surface area contributed by atoms with Crippen LogP contribution < -0.4 is 35.9 Å². The van der Waals surface area contributed by atoms with Crippen LogP contribution in [0.3, 0.4) is 0 Å². The molecule has 3 N–H and O–H groups in total. The number of carbonyl (C=O) groups excluding carboxylic acids is 5. The van der Waals surface area contributed by atoms with Gasteiger partial charge in [0.25, 0.3) is 23.3 Å². The number of fused-ring (bicyclic) bond motifs is 2. The first kappa shape index (κ1) is 33.9. The number of hydrogen-bond acceptors (Lipinski definition) is 12. The average Bonchev–Trinajstić information content (AvgIpc) is 3.33. The highest BCUT2D eigenvalue weighted by molar-refractivity contribution is 6.33. The Morgan fingerprint density at radius 3 is 2.56 bits per heavy atom. The predicted octanol–water partition coefficient (Wildman–Crippen LogP) is 1.86. The van der Waals surface area contributed by atoms with Gasteiger partial charge in [-0.15, -0.1) is 0 Å². The highest BCUT2D eigenvalue weighted by Gasteiger charge is 2.44. The third-order valence-electron chi connectivity index (χ3n) is 8.09. The van der Waals surface area contributed by atoms with Crippen LogP contribution in [0, 0.1) is 0 Å². The molecular formula is C33H31ClN8O8. The molecule has 0 radical (unpaired) electrons. The van der Waals surface area contributed by atoms with Gasteiger partial charge in [-0.1, -0.05) is 11.6 Å². The molecule has 258 valence electrons. The molecule has 2 aromatic heterocycles. The van der Waals surface area contributed by atoms with E-state index in [4.69, 9.17) is 21.1 Å². The normalized spacial score (nSPS) is 15.5. The van der Waals surface area contributed by atoms with Crippen LogP contribution in [0.25, 0.3) is 10.9 Å². The van der Waals surface area contributed by atoms with Gasteiger partial charge < -0.3 is 29.6 Å². The van der Waals surface area contributed by atoms with Crippen molar-refractivity contribution in [1.82, 2.24) is 30.1 Å². The molecule has 1 fully saturated rings. The first-order valence-corrected chi connectivity index (χ1v) is 15.8. The van der Waals surface area contributed by atoms with Gasteiger partial charge >= 0.3 is 0 Å². The molecule has 0 saturated carbocycles. The minimum absolute atomic E-state index is 0.00992. The number of nitrogens with one attached hydrogen (secondary N) is 3. The molecule has 16 nitrogen and oxygen atoms in total. The van der Waals surface area contributed by atoms with E-state index in [-0.39, 0.29) is 55.2 Å². The minimum atomic E-state index is -1.09. The minimum Gasteiger partial charge on any atom is -0.492 e. The second-order valence-corrected chi connectivity index (χ2v) is 12.0. The van der Waals surface area contributed by atoms with Crippen LogP contribution >= 0.6 is 11.6 Å². The number of benzene rings is 2. The van der Waals surface area contributed by atoms with E-state index in [1.165, 1.54) is 42.1 Å². The number of hydrogen-bond donors (Lipinski definition) is 3. The molecule has 0 aliphatic carbocycles. The average molecular weight is 703 g/mol. The zero-order valence-corrected chi connectivity index (χ0v) is 27.9. The first-order valence-electron chi connectivity index (χ1n) is 15.4. The summed E-state index contributed by atoms with van der Waals surface area (Å²) >= 11 is 6.34.